The van der Waals surface area contributed by atoms with Gasteiger partial charge in [0.1, 0.15) is 12.1 Å². The van der Waals surface area contributed by atoms with Gasteiger partial charge in [-0.15, -0.1) is 11.3 Å². The summed E-state index contributed by atoms with van der Waals surface area (Å²) in [4.78, 5) is 8.32. The van der Waals surface area contributed by atoms with Crippen LogP contribution >= 0.6 is 11.3 Å². The summed E-state index contributed by atoms with van der Waals surface area (Å²) in [6.45, 7) is 2.46. The number of fused-ring (bicyclic) bond motifs is 1. The van der Waals surface area contributed by atoms with Crippen molar-refractivity contribution in [3.8, 4) is 0 Å². The molecule has 1 N–H and O–H groups in total. The van der Waals surface area contributed by atoms with Gasteiger partial charge in [0, 0.05) is 13.0 Å². The molecule has 0 radical (unpaired) electrons. The van der Waals surface area contributed by atoms with Crippen LogP contribution in [0, 0.1) is 6.92 Å². The van der Waals surface area contributed by atoms with E-state index in [1.165, 1.54) is 6.33 Å². The highest BCUT2D eigenvalue weighted by atomic mass is 32.1. The molecule has 0 amide bonds. The molecule has 0 saturated heterocycles. The van der Waals surface area contributed by atoms with Gasteiger partial charge in [-0.05, 0) is 30.7 Å². The molecule has 2 heterocycles. The van der Waals surface area contributed by atoms with Crippen molar-refractivity contribution in [1.82, 2.24) is 9.97 Å². The molecule has 0 spiro atoms. The molecular weight excluding hydrogens is 275 g/mol. The van der Waals surface area contributed by atoms with Crippen molar-refractivity contribution >= 4 is 27.4 Å². The third-order valence-electron chi connectivity index (χ3n) is 2.71. The lowest BCUT2D eigenvalue weighted by Crippen LogP contribution is -2.09. The van der Waals surface area contributed by atoms with E-state index in [0.29, 0.717) is 18.8 Å². The van der Waals surface area contributed by atoms with Crippen LogP contribution in [-0.4, -0.2) is 22.7 Å². The number of anilines is 1. The molecular formula is C12H14F3N3S. The van der Waals surface area contributed by atoms with Crippen LogP contribution in [0.3, 0.4) is 0 Å². The fraction of sp³-hybridized carbons (Fsp3) is 0.500. The normalized spacial score (nSPS) is 12.0. The molecule has 2 aromatic rings. The van der Waals surface area contributed by atoms with E-state index in [9.17, 15) is 13.2 Å². The van der Waals surface area contributed by atoms with E-state index in [1.54, 1.807) is 11.3 Å². The lowest BCUT2D eigenvalue weighted by atomic mass is 10.2. The summed E-state index contributed by atoms with van der Waals surface area (Å²) in [5.74, 6) is 0.704. The first-order valence-corrected chi connectivity index (χ1v) is 6.85. The van der Waals surface area contributed by atoms with Crippen molar-refractivity contribution < 1.29 is 13.2 Å². The monoisotopic (exact) mass is 289 g/mol. The standard InChI is InChI=1S/C12H14F3N3S/c1-8-6-19-10-9(8)17-7-18-11(10)16-5-3-2-4-12(13,14)15/h6-7H,2-5H2,1H3,(H,16,17,18). The topological polar surface area (TPSA) is 37.8 Å². The molecule has 0 fully saturated rings. The maximum Gasteiger partial charge on any atom is 0.389 e. The van der Waals surface area contributed by atoms with Crippen LogP contribution in [0.5, 0.6) is 0 Å². The summed E-state index contributed by atoms with van der Waals surface area (Å²) < 4.78 is 36.9. The van der Waals surface area contributed by atoms with Crippen LogP contribution in [0.1, 0.15) is 24.8 Å². The van der Waals surface area contributed by atoms with E-state index in [4.69, 9.17) is 0 Å². The fourth-order valence-corrected chi connectivity index (χ4v) is 2.72. The minimum atomic E-state index is -4.06. The lowest BCUT2D eigenvalue weighted by molar-refractivity contribution is -0.135. The average Bonchev–Trinajstić information content (AvgIpc) is 2.70. The van der Waals surface area contributed by atoms with Gasteiger partial charge in [0.25, 0.3) is 0 Å². The molecule has 7 heteroatoms. The smallest absolute Gasteiger partial charge is 0.369 e. The predicted octanol–water partition coefficient (Wildman–Crippen LogP) is 4.14. The highest BCUT2D eigenvalue weighted by Crippen LogP contribution is 2.28. The molecule has 0 aromatic carbocycles. The van der Waals surface area contributed by atoms with Crippen LogP contribution in [0.25, 0.3) is 10.2 Å². The van der Waals surface area contributed by atoms with Crippen molar-refractivity contribution in [2.75, 3.05) is 11.9 Å². The van der Waals surface area contributed by atoms with E-state index >= 15 is 0 Å². The first-order chi connectivity index (χ1) is 8.97. The van der Waals surface area contributed by atoms with Crippen LogP contribution in [0.15, 0.2) is 11.7 Å². The Bertz CT molecular complexity index is 551. The van der Waals surface area contributed by atoms with E-state index < -0.39 is 12.6 Å². The molecule has 104 valence electrons. The number of aromatic nitrogens is 2. The van der Waals surface area contributed by atoms with Gasteiger partial charge in [0.15, 0.2) is 0 Å². The number of halogens is 3. The van der Waals surface area contributed by atoms with Crippen molar-refractivity contribution in [3.63, 3.8) is 0 Å². The molecule has 0 aliphatic heterocycles. The molecule has 0 unspecified atom stereocenters. The molecule has 0 aliphatic rings. The summed E-state index contributed by atoms with van der Waals surface area (Å²) in [5, 5.41) is 5.07. The van der Waals surface area contributed by atoms with Gasteiger partial charge in [0.05, 0.1) is 10.2 Å². The largest absolute Gasteiger partial charge is 0.389 e. The number of rotatable bonds is 5. The van der Waals surface area contributed by atoms with Crippen molar-refractivity contribution in [3.05, 3.63) is 17.3 Å². The van der Waals surface area contributed by atoms with Crippen molar-refractivity contribution in [2.24, 2.45) is 0 Å². The number of thiophene rings is 1. The van der Waals surface area contributed by atoms with E-state index in [-0.39, 0.29) is 6.42 Å². The summed E-state index contributed by atoms with van der Waals surface area (Å²) in [6.07, 6.45) is -2.72. The number of alkyl halides is 3. The Balaban J connectivity index is 1.88. The van der Waals surface area contributed by atoms with Gasteiger partial charge in [-0.25, -0.2) is 9.97 Å². The van der Waals surface area contributed by atoms with Gasteiger partial charge in [-0.3, -0.25) is 0 Å². The van der Waals surface area contributed by atoms with E-state index in [0.717, 1.165) is 15.8 Å². The molecule has 3 nitrogen and oxygen atoms in total. The van der Waals surface area contributed by atoms with Crippen LogP contribution in [-0.2, 0) is 0 Å². The van der Waals surface area contributed by atoms with E-state index in [2.05, 4.69) is 15.3 Å². The van der Waals surface area contributed by atoms with Crippen LogP contribution in [0.2, 0.25) is 0 Å². The summed E-state index contributed by atoms with van der Waals surface area (Å²) in [5.41, 5.74) is 1.99. The summed E-state index contributed by atoms with van der Waals surface area (Å²) in [6, 6.07) is 0. The quantitative estimate of drug-likeness (QED) is 0.840. The maximum atomic E-state index is 12.0. The Morgan fingerprint density at radius 2 is 2.05 bits per heavy atom. The maximum absolute atomic E-state index is 12.0. The van der Waals surface area contributed by atoms with Crippen LogP contribution in [0.4, 0.5) is 19.0 Å². The van der Waals surface area contributed by atoms with Gasteiger partial charge in [0.2, 0.25) is 0 Å². The summed E-state index contributed by atoms with van der Waals surface area (Å²) in [7, 11) is 0. The Morgan fingerprint density at radius 1 is 1.26 bits per heavy atom. The van der Waals surface area contributed by atoms with Gasteiger partial charge in [-0.2, -0.15) is 13.2 Å². The van der Waals surface area contributed by atoms with Crippen molar-refractivity contribution in [1.29, 1.82) is 0 Å². The molecule has 0 saturated carbocycles. The second-order valence-corrected chi connectivity index (χ2v) is 5.20. The Hall–Kier alpha value is -1.37. The minimum Gasteiger partial charge on any atom is -0.369 e. The molecule has 0 bridgehead atoms. The second kappa shape index (κ2) is 5.73. The zero-order valence-electron chi connectivity index (χ0n) is 10.4. The fourth-order valence-electron chi connectivity index (χ4n) is 1.75. The number of hydrogen-bond acceptors (Lipinski definition) is 4. The average molecular weight is 289 g/mol. The van der Waals surface area contributed by atoms with Gasteiger partial charge in [-0.1, -0.05) is 0 Å². The molecule has 0 aliphatic carbocycles. The van der Waals surface area contributed by atoms with Crippen LogP contribution < -0.4 is 5.32 Å². The first-order valence-electron chi connectivity index (χ1n) is 5.97. The molecule has 19 heavy (non-hydrogen) atoms. The molecule has 2 aromatic heterocycles. The first kappa shape index (κ1) is 14.0. The Kier molecular flexibility index (Phi) is 4.24. The number of aryl methyl sites for hydroxylation is 1. The third kappa shape index (κ3) is 3.79. The number of hydrogen-bond donors (Lipinski definition) is 1. The lowest BCUT2D eigenvalue weighted by Gasteiger charge is -2.07. The number of nitrogens with zero attached hydrogens (tertiary/aromatic N) is 2. The molecule has 0 atom stereocenters. The van der Waals surface area contributed by atoms with Gasteiger partial charge < -0.3 is 5.32 Å². The van der Waals surface area contributed by atoms with Gasteiger partial charge >= 0.3 is 6.18 Å². The predicted molar refractivity (Wildman–Crippen MR) is 70.5 cm³/mol. The Morgan fingerprint density at radius 3 is 2.79 bits per heavy atom. The number of unbranched alkanes of at least 4 members (excludes halogenated alkanes) is 1. The highest BCUT2D eigenvalue weighted by molar-refractivity contribution is 7.18. The van der Waals surface area contributed by atoms with Crippen molar-refractivity contribution in [2.45, 2.75) is 32.4 Å². The Labute approximate surface area is 112 Å². The summed E-state index contributed by atoms with van der Waals surface area (Å²) >= 11 is 1.54. The SMILES string of the molecule is Cc1csc2c(NCCCCC(F)(F)F)ncnc12. The zero-order valence-corrected chi connectivity index (χ0v) is 11.2. The van der Waals surface area contributed by atoms with E-state index in [1.807, 2.05) is 12.3 Å². The zero-order chi connectivity index (χ0) is 13.9. The highest BCUT2D eigenvalue weighted by Gasteiger charge is 2.25. The minimum absolute atomic E-state index is 0.133. The third-order valence-corrected chi connectivity index (χ3v) is 3.80. The second-order valence-electron chi connectivity index (χ2n) is 4.32. The molecule has 2 rings (SSSR count). The number of nitrogens with one attached hydrogen (secondary N) is 1.